The highest BCUT2D eigenvalue weighted by Crippen LogP contribution is 2.33. The summed E-state index contributed by atoms with van der Waals surface area (Å²) in [6.45, 7) is 3.53. The van der Waals surface area contributed by atoms with Gasteiger partial charge in [0.25, 0.3) is 5.56 Å². The van der Waals surface area contributed by atoms with E-state index in [0.717, 1.165) is 36.1 Å². The lowest BCUT2D eigenvalue weighted by Gasteiger charge is -2.32. The minimum Gasteiger partial charge on any atom is -0.497 e. The van der Waals surface area contributed by atoms with Crippen LogP contribution in [0.1, 0.15) is 68.1 Å². The topological polar surface area (TPSA) is 88.9 Å². The monoisotopic (exact) mass is 472 g/mol. The second-order valence-corrected chi connectivity index (χ2v) is 9.23. The highest BCUT2D eigenvalue weighted by atomic mass is 16.5. The van der Waals surface area contributed by atoms with E-state index < -0.39 is 0 Å². The number of aromatic nitrogens is 5. The third-order valence-electron chi connectivity index (χ3n) is 7.06. The summed E-state index contributed by atoms with van der Waals surface area (Å²) >= 11 is 0. The number of aromatic amines is 1. The number of methoxy groups -OCH3 is 1. The number of rotatable bonds is 8. The first-order valence-electron chi connectivity index (χ1n) is 12.4. The molecule has 0 radical (unpaired) electrons. The van der Waals surface area contributed by atoms with Crippen molar-refractivity contribution >= 4 is 10.9 Å². The van der Waals surface area contributed by atoms with Gasteiger partial charge in [0.2, 0.25) is 0 Å². The molecule has 0 saturated heterocycles. The van der Waals surface area contributed by atoms with Gasteiger partial charge in [-0.3, -0.25) is 9.69 Å². The van der Waals surface area contributed by atoms with Gasteiger partial charge in [0.1, 0.15) is 11.8 Å². The van der Waals surface area contributed by atoms with Crippen LogP contribution in [0.5, 0.6) is 5.75 Å². The van der Waals surface area contributed by atoms with E-state index in [4.69, 9.17) is 4.74 Å². The molecule has 0 bridgehead atoms. The molecule has 4 aromatic rings. The molecule has 2 aromatic carbocycles. The zero-order valence-electron chi connectivity index (χ0n) is 20.4. The molecule has 1 aliphatic rings. The SMILES string of the molecule is CCN(Cc1ccccc1)[C@H](c1cc2ccc(OC)cc2[nH]c1=O)c1nnnn1C1CCCCC1. The van der Waals surface area contributed by atoms with Crippen LogP contribution in [0.25, 0.3) is 10.9 Å². The van der Waals surface area contributed by atoms with Crippen LogP contribution in [0.3, 0.4) is 0 Å². The van der Waals surface area contributed by atoms with Crippen molar-refractivity contribution in [2.75, 3.05) is 13.7 Å². The summed E-state index contributed by atoms with van der Waals surface area (Å²) < 4.78 is 7.32. The molecular formula is C27H32N6O2. The maximum Gasteiger partial charge on any atom is 0.253 e. The Morgan fingerprint density at radius 3 is 2.66 bits per heavy atom. The number of fused-ring (bicyclic) bond motifs is 1. The summed E-state index contributed by atoms with van der Waals surface area (Å²) in [5, 5.41) is 14.0. The van der Waals surface area contributed by atoms with Crippen LogP contribution in [0.15, 0.2) is 59.4 Å². The van der Waals surface area contributed by atoms with E-state index in [1.807, 2.05) is 47.1 Å². The Morgan fingerprint density at radius 2 is 1.91 bits per heavy atom. The quantitative estimate of drug-likeness (QED) is 0.402. The van der Waals surface area contributed by atoms with Crippen LogP contribution >= 0.6 is 0 Å². The number of tetrazole rings is 1. The lowest BCUT2D eigenvalue weighted by molar-refractivity contribution is 0.204. The summed E-state index contributed by atoms with van der Waals surface area (Å²) in [5.41, 5.74) is 2.43. The minimum absolute atomic E-state index is 0.138. The molecule has 8 nitrogen and oxygen atoms in total. The number of hydrogen-bond donors (Lipinski definition) is 1. The molecule has 0 aliphatic heterocycles. The Hall–Kier alpha value is -3.52. The Morgan fingerprint density at radius 1 is 1.11 bits per heavy atom. The van der Waals surface area contributed by atoms with Crippen molar-refractivity contribution < 1.29 is 4.74 Å². The van der Waals surface area contributed by atoms with Crippen LogP contribution in [0, 0.1) is 0 Å². The smallest absolute Gasteiger partial charge is 0.253 e. The Bertz CT molecular complexity index is 1330. The molecule has 1 atom stereocenters. The fourth-order valence-corrected chi connectivity index (χ4v) is 5.20. The maximum atomic E-state index is 13.5. The molecule has 35 heavy (non-hydrogen) atoms. The molecule has 0 unspecified atom stereocenters. The first kappa shape index (κ1) is 23.2. The van der Waals surface area contributed by atoms with Gasteiger partial charge in [-0.1, -0.05) is 56.5 Å². The van der Waals surface area contributed by atoms with E-state index in [1.54, 1.807) is 7.11 Å². The summed E-state index contributed by atoms with van der Waals surface area (Å²) in [6.07, 6.45) is 5.72. The van der Waals surface area contributed by atoms with E-state index in [-0.39, 0.29) is 17.6 Å². The zero-order chi connectivity index (χ0) is 24.2. The lowest BCUT2D eigenvalue weighted by Crippen LogP contribution is -2.35. The van der Waals surface area contributed by atoms with Crippen LogP contribution in [0.2, 0.25) is 0 Å². The summed E-state index contributed by atoms with van der Waals surface area (Å²) in [6, 6.07) is 17.9. The number of ether oxygens (including phenoxy) is 1. The van der Waals surface area contributed by atoms with E-state index in [2.05, 4.69) is 44.5 Å². The van der Waals surface area contributed by atoms with Gasteiger partial charge in [0, 0.05) is 18.2 Å². The summed E-state index contributed by atoms with van der Waals surface area (Å²) in [4.78, 5) is 18.9. The van der Waals surface area contributed by atoms with Crippen molar-refractivity contribution in [1.82, 2.24) is 30.1 Å². The largest absolute Gasteiger partial charge is 0.497 e. The average Bonchev–Trinajstić information content (AvgIpc) is 3.38. The van der Waals surface area contributed by atoms with Crippen LogP contribution in [0.4, 0.5) is 0 Å². The van der Waals surface area contributed by atoms with Crippen LogP contribution in [-0.4, -0.2) is 43.7 Å². The lowest BCUT2D eigenvalue weighted by atomic mass is 9.95. The number of H-pyrrole nitrogens is 1. The van der Waals surface area contributed by atoms with Gasteiger partial charge >= 0.3 is 0 Å². The van der Waals surface area contributed by atoms with E-state index in [9.17, 15) is 4.79 Å². The maximum absolute atomic E-state index is 13.5. The van der Waals surface area contributed by atoms with E-state index in [0.29, 0.717) is 17.9 Å². The molecule has 1 N–H and O–H groups in total. The number of pyridine rings is 1. The number of benzene rings is 2. The predicted molar refractivity (Wildman–Crippen MR) is 135 cm³/mol. The van der Waals surface area contributed by atoms with Gasteiger partial charge < -0.3 is 9.72 Å². The first-order chi connectivity index (χ1) is 17.2. The van der Waals surface area contributed by atoms with Gasteiger partial charge in [0.05, 0.1) is 18.7 Å². The highest BCUT2D eigenvalue weighted by Gasteiger charge is 2.32. The third kappa shape index (κ3) is 4.84. The number of hydrogen-bond acceptors (Lipinski definition) is 6. The summed E-state index contributed by atoms with van der Waals surface area (Å²) in [7, 11) is 1.62. The first-order valence-corrected chi connectivity index (χ1v) is 12.4. The standard InChI is InChI=1S/C27H32N6O2/c1-3-32(18-19-10-6-4-7-11-19)25(26-29-30-31-33(26)21-12-8-5-9-13-21)23-16-20-14-15-22(35-2)17-24(20)28-27(23)34/h4,6-7,10-11,14-17,21,25H,3,5,8-9,12-13,18H2,1-2H3,(H,28,34)/t25-/m1/s1. The molecule has 1 fully saturated rings. The zero-order valence-corrected chi connectivity index (χ0v) is 20.4. The van der Waals surface area contributed by atoms with Crippen molar-refractivity contribution in [3.63, 3.8) is 0 Å². The number of nitrogens with one attached hydrogen (secondary N) is 1. The molecule has 1 saturated carbocycles. The van der Waals surface area contributed by atoms with Gasteiger partial charge in [-0.25, -0.2) is 4.68 Å². The second-order valence-electron chi connectivity index (χ2n) is 9.23. The highest BCUT2D eigenvalue weighted by molar-refractivity contribution is 5.80. The van der Waals surface area contributed by atoms with Crippen molar-refractivity contribution in [2.45, 2.75) is 57.7 Å². The number of nitrogens with zero attached hydrogens (tertiary/aromatic N) is 5. The van der Waals surface area contributed by atoms with Gasteiger partial charge in [-0.15, -0.1) is 5.10 Å². The second kappa shape index (κ2) is 10.4. The van der Waals surface area contributed by atoms with Crippen molar-refractivity contribution in [2.24, 2.45) is 0 Å². The molecule has 8 heteroatoms. The molecular weight excluding hydrogens is 440 g/mol. The predicted octanol–water partition coefficient (Wildman–Crippen LogP) is 4.64. The normalized spacial score (nSPS) is 15.5. The van der Waals surface area contributed by atoms with Gasteiger partial charge in [-0.05, 0) is 59.0 Å². The Balaban J connectivity index is 1.64. The minimum atomic E-state index is -0.382. The van der Waals surface area contributed by atoms with Crippen molar-refractivity contribution in [3.05, 3.63) is 81.9 Å². The van der Waals surface area contributed by atoms with Gasteiger partial charge in [0.15, 0.2) is 5.82 Å². The van der Waals surface area contributed by atoms with E-state index in [1.165, 1.54) is 24.8 Å². The molecule has 5 rings (SSSR count). The molecule has 1 aliphatic carbocycles. The van der Waals surface area contributed by atoms with E-state index >= 15 is 0 Å². The molecule has 2 aromatic heterocycles. The molecule has 0 amide bonds. The van der Waals surface area contributed by atoms with Crippen molar-refractivity contribution in [1.29, 1.82) is 0 Å². The average molecular weight is 473 g/mol. The fraction of sp³-hybridized carbons (Fsp3) is 0.407. The molecule has 2 heterocycles. The van der Waals surface area contributed by atoms with Crippen LogP contribution < -0.4 is 10.3 Å². The molecule has 0 spiro atoms. The fourth-order valence-electron chi connectivity index (χ4n) is 5.20. The third-order valence-corrected chi connectivity index (χ3v) is 7.06. The van der Waals surface area contributed by atoms with Crippen molar-refractivity contribution in [3.8, 4) is 5.75 Å². The van der Waals surface area contributed by atoms with Gasteiger partial charge in [-0.2, -0.15) is 0 Å². The summed E-state index contributed by atoms with van der Waals surface area (Å²) in [5.74, 6) is 1.44. The van der Waals surface area contributed by atoms with Crippen LogP contribution in [-0.2, 0) is 6.54 Å². The molecule has 182 valence electrons. The Kier molecular flexibility index (Phi) is 6.90. The Labute approximate surface area is 204 Å².